The maximum atomic E-state index is 11.4. The molecule has 8 heteroatoms. The molecule has 0 aliphatic carbocycles. The van der Waals surface area contributed by atoms with Crippen LogP contribution in [0, 0.1) is 18.3 Å². The van der Waals surface area contributed by atoms with Crippen LogP contribution in [0.3, 0.4) is 0 Å². The zero-order valence-electron chi connectivity index (χ0n) is 9.63. The summed E-state index contributed by atoms with van der Waals surface area (Å²) in [5.74, 6) is 0. The fourth-order valence-corrected chi connectivity index (χ4v) is 3.54. The lowest BCUT2D eigenvalue weighted by molar-refractivity contribution is 0.609. The Hall–Kier alpha value is -1.55. The van der Waals surface area contributed by atoms with Crippen LogP contribution in [-0.4, -0.2) is 18.2 Å². The van der Waals surface area contributed by atoms with Crippen LogP contribution in [0.2, 0.25) is 5.15 Å². The molecule has 0 atom stereocenters. The molecule has 0 fully saturated rings. The highest BCUT2D eigenvalue weighted by molar-refractivity contribution is 8.13. The standard InChI is InChI=1S/C11H7Cl2N3O2S/c1-7-10(19(13,17)18)11(12)16(15-7)9-4-2-8(6-14)3-5-9/h2-5H,1H3. The first-order valence-electron chi connectivity index (χ1n) is 5.05. The van der Waals surface area contributed by atoms with Gasteiger partial charge in [-0.3, -0.25) is 0 Å². The smallest absolute Gasteiger partial charge is 0.221 e. The first kappa shape index (κ1) is 13.9. The molecule has 0 radical (unpaired) electrons. The number of hydrogen-bond acceptors (Lipinski definition) is 4. The van der Waals surface area contributed by atoms with E-state index in [2.05, 4.69) is 5.10 Å². The number of aromatic nitrogens is 2. The molecule has 0 saturated carbocycles. The molecule has 0 spiro atoms. The quantitative estimate of drug-likeness (QED) is 0.798. The van der Waals surface area contributed by atoms with E-state index in [1.165, 1.54) is 11.6 Å². The number of hydrogen-bond donors (Lipinski definition) is 0. The van der Waals surface area contributed by atoms with Gasteiger partial charge in [-0.1, -0.05) is 11.6 Å². The summed E-state index contributed by atoms with van der Waals surface area (Å²) in [5, 5.41) is 12.7. The van der Waals surface area contributed by atoms with Gasteiger partial charge in [-0.05, 0) is 31.2 Å². The van der Waals surface area contributed by atoms with E-state index >= 15 is 0 Å². The van der Waals surface area contributed by atoms with Crippen LogP contribution < -0.4 is 0 Å². The number of aryl methyl sites for hydroxylation is 1. The Morgan fingerprint density at radius 1 is 1.32 bits per heavy atom. The van der Waals surface area contributed by atoms with Crippen LogP contribution in [0.25, 0.3) is 5.69 Å². The molecule has 0 bridgehead atoms. The summed E-state index contributed by atoms with van der Waals surface area (Å²) in [6.45, 7) is 1.50. The molecule has 2 rings (SSSR count). The van der Waals surface area contributed by atoms with Crippen LogP contribution >= 0.6 is 22.3 Å². The average molecular weight is 316 g/mol. The molecule has 98 valence electrons. The predicted octanol–water partition coefficient (Wildman–Crippen LogP) is 2.63. The molecular formula is C11H7Cl2N3O2S. The predicted molar refractivity (Wildman–Crippen MR) is 71.1 cm³/mol. The van der Waals surface area contributed by atoms with Crippen molar-refractivity contribution in [3.63, 3.8) is 0 Å². The lowest BCUT2D eigenvalue weighted by Crippen LogP contribution is -1.97. The van der Waals surface area contributed by atoms with Gasteiger partial charge in [0.1, 0.15) is 4.90 Å². The minimum absolute atomic E-state index is 0.0859. The number of nitrogens with zero attached hydrogens (tertiary/aromatic N) is 3. The highest BCUT2D eigenvalue weighted by Gasteiger charge is 2.24. The topological polar surface area (TPSA) is 75.8 Å². The molecule has 1 aromatic carbocycles. The Kier molecular flexibility index (Phi) is 3.54. The molecule has 0 aliphatic heterocycles. The van der Waals surface area contributed by atoms with Gasteiger partial charge in [-0.25, -0.2) is 13.1 Å². The molecular weight excluding hydrogens is 309 g/mol. The van der Waals surface area contributed by atoms with Crippen molar-refractivity contribution in [2.45, 2.75) is 11.8 Å². The Balaban J connectivity index is 2.62. The molecule has 1 aromatic heterocycles. The van der Waals surface area contributed by atoms with Gasteiger partial charge < -0.3 is 0 Å². The minimum Gasteiger partial charge on any atom is -0.221 e. The van der Waals surface area contributed by atoms with Crippen molar-refractivity contribution in [2.24, 2.45) is 0 Å². The van der Waals surface area contributed by atoms with Crippen molar-refractivity contribution < 1.29 is 8.42 Å². The van der Waals surface area contributed by atoms with Crippen molar-refractivity contribution in [3.05, 3.63) is 40.7 Å². The van der Waals surface area contributed by atoms with Gasteiger partial charge in [0.15, 0.2) is 5.15 Å². The summed E-state index contributed by atoms with van der Waals surface area (Å²) < 4.78 is 24.1. The second-order valence-corrected chi connectivity index (χ2v) is 6.57. The number of rotatable bonds is 2. The van der Waals surface area contributed by atoms with E-state index < -0.39 is 9.05 Å². The van der Waals surface area contributed by atoms with Crippen molar-refractivity contribution in [1.82, 2.24) is 9.78 Å². The molecule has 5 nitrogen and oxygen atoms in total. The van der Waals surface area contributed by atoms with E-state index in [0.29, 0.717) is 11.3 Å². The molecule has 19 heavy (non-hydrogen) atoms. The third-order valence-electron chi connectivity index (χ3n) is 2.44. The van der Waals surface area contributed by atoms with E-state index in [4.69, 9.17) is 27.5 Å². The number of benzene rings is 1. The molecule has 0 N–H and O–H groups in total. The molecule has 1 heterocycles. The fourth-order valence-electron chi connectivity index (χ4n) is 1.61. The van der Waals surface area contributed by atoms with E-state index in [-0.39, 0.29) is 15.7 Å². The highest BCUT2D eigenvalue weighted by Crippen LogP contribution is 2.30. The monoisotopic (exact) mass is 315 g/mol. The minimum atomic E-state index is -3.96. The SMILES string of the molecule is Cc1nn(-c2ccc(C#N)cc2)c(Cl)c1S(=O)(=O)Cl. The van der Waals surface area contributed by atoms with Crippen molar-refractivity contribution >= 4 is 31.3 Å². The summed E-state index contributed by atoms with van der Waals surface area (Å²) in [5.41, 5.74) is 1.23. The fraction of sp³-hybridized carbons (Fsp3) is 0.0909. The van der Waals surface area contributed by atoms with Crippen LogP contribution in [0.5, 0.6) is 0 Å². The summed E-state index contributed by atoms with van der Waals surface area (Å²) in [6.07, 6.45) is 0. The van der Waals surface area contributed by atoms with Crippen molar-refractivity contribution in [3.8, 4) is 11.8 Å². The third-order valence-corrected chi connectivity index (χ3v) is 4.34. The van der Waals surface area contributed by atoms with Gasteiger partial charge in [-0.15, -0.1) is 0 Å². The summed E-state index contributed by atoms with van der Waals surface area (Å²) in [7, 11) is 1.35. The average Bonchev–Trinajstić information content (AvgIpc) is 2.64. The Morgan fingerprint density at radius 2 is 1.89 bits per heavy atom. The van der Waals surface area contributed by atoms with Crippen LogP contribution in [-0.2, 0) is 9.05 Å². The van der Waals surface area contributed by atoms with Crippen LogP contribution in [0.15, 0.2) is 29.2 Å². The molecule has 0 amide bonds. The van der Waals surface area contributed by atoms with Gasteiger partial charge in [0, 0.05) is 10.7 Å². The first-order valence-corrected chi connectivity index (χ1v) is 7.73. The van der Waals surface area contributed by atoms with E-state index in [1.807, 2.05) is 6.07 Å². The van der Waals surface area contributed by atoms with E-state index in [9.17, 15) is 8.42 Å². The van der Waals surface area contributed by atoms with E-state index in [0.717, 1.165) is 0 Å². The van der Waals surface area contributed by atoms with Crippen LogP contribution in [0.4, 0.5) is 0 Å². The van der Waals surface area contributed by atoms with Crippen molar-refractivity contribution in [2.75, 3.05) is 0 Å². The van der Waals surface area contributed by atoms with Gasteiger partial charge >= 0.3 is 0 Å². The summed E-state index contributed by atoms with van der Waals surface area (Å²) in [6, 6.07) is 8.37. The third kappa shape index (κ3) is 2.59. The number of halogens is 2. The maximum Gasteiger partial charge on any atom is 0.266 e. The molecule has 0 unspecified atom stereocenters. The molecule has 0 saturated heterocycles. The van der Waals surface area contributed by atoms with Gasteiger partial charge in [-0.2, -0.15) is 10.4 Å². The van der Waals surface area contributed by atoms with Crippen molar-refractivity contribution in [1.29, 1.82) is 5.26 Å². The first-order chi connectivity index (χ1) is 8.84. The normalized spacial score (nSPS) is 11.3. The lowest BCUT2D eigenvalue weighted by Gasteiger charge is -2.02. The summed E-state index contributed by atoms with van der Waals surface area (Å²) in [4.78, 5) is -0.208. The Morgan fingerprint density at radius 3 is 2.32 bits per heavy atom. The highest BCUT2D eigenvalue weighted by atomic mass is 35.7. The Bertz CT molecular complexity index is 774. The van der Waals surface area contributed by atoms with Crippen LogP contribution in [0.1, 0.15) is 11.3 Å². The lowest BCUT2D eigenvalue weighted by atomic mass is 10.2. The second-order valence-electron chi connectivity index (χ2n) is 3.71. The zero-order chi connectivity index (χ0) is 14.2. The molecule has 0 aliphatic rings. The second kappa shape index (κ2) is 4.85. The van der Waals surface area contributed by atoms with Gasteiger partial charge in [0.2, 0.25) is 0 Å². The maximum absolute atomic E-state index is 11.4. The van der Waals surface area contributed by atoms with E-state index in [1.54, 1.807) is 24.3 Å². The zero-order valence-corrected chi connectivity index (χ0v) is 12.0. The Labute approximate surface area is 119 Å². The largest absolute Gasteiger partial charge is 0.266 e. The number of nitriles is 1. The summed E-state index contributed by atoms with van der Waals surface area (Å²) >= 11 is 5.99. The van der Waals surface area contributed by atoms with Gasteiger partial charge in [0.25, 0.3) is 9.05 Å². The molecule has 2 aromatic rings. The van der Waals surface area contributed by atoms with Gasteiger partial charge in [0.05, 0.1) is 23.0 Å².